The standard InChI is InChI=1S/C14H17N3O2/c1-19-12-6-13(14(16)18)17(9-12)8-11-5-3-2-4-10(11)7-15/h2-5,12-13H,6,8-9H2,1H3,(H2,16,18)/t12-,13-/m0/s1. The molecule has 1 aliphatic heterocycles. The van der Waals surface area contributed by atoms with Crippen molar-refractivity contribution >= 4 is 5.91 Å². The molecule has 1 aliphatic rings. The lowest BCUT2D eigenvalue weighted by Gasteiger charge is -2.21. The summed E-state index contributed by atoms with van der Waals surface area (Å²) in [6.45, 7) is 1.20. The Hall–Kier alpha value is -1.90. The molecule has 0 unspecified atom stereocenters. The molecule has 0 saturated carbocycles. The van der Waals surface area contributed by atoms with E-state index in [0.717, 1.165) is 5.56 Å². The van der Waals surface area contributed by atoms with Gasteiger partial charge >= 0.3 is 0 Å². The molecule has 0 bridgehead atoms. The highest BCUT2D eigenvalue weighted by atomic mass is 16.5. The number of carbonyl (C=O) groups excluding carboxylic acids is 1. The van der Waals surface area contributed by atoms with Gasteiger partial charge in [-0.2, -0.15) is 5.26 Å². The first-order valence-corrected chi connectivity index (χ1v) is 6.20. The van der Waals surface area contributed by atoms with Crippen molar-refractivity contribution in [2.45, 2.75) is 25.1 Å². The first-order valence-electron chi connectivity index (χ1n) is 6.20. The molecule has 1 aromatic rings. The quantitative estimate of drug-likeness (QED) is 0.860. The van der Waals surface area contributed by atoms with Gasteiger partial charge in [0.15, 0.2) is 0 Å². The summed E-state index contributed by atoms with van der Waals surface area (Å²) in [4.78, 5) is 13.5. The molecule has 0 aromatic heterocycles. The van der Waals surface area contributed by atoms with Gasteiger partial charge in [0.25, 0.3) is 0 Å². The maximum atomic E-state index is 11.5. The molecule has 5 nitrogen and oxygen atoms in total. The first-order chi connectivity index (χ1) is 9.15. The van der Waals surface area contributed by atoms with Gasteiger partial charge in [0.2, 0.25) is 5.91 Å². The fourth-order valence-corrected chi connectivity index (χ4v) is 2.49. The van der Waals surface area contributed by atoms with Crippen LogP contribution in [0, 0.1) is 11.3 Å². The van der Waals surface area contributed by atoms with E-state index in [0.29, 0.717) is 25.1 Å². The number of methoxy groups -OCH3 is 1. The number of rotatable bonds is 4. The van der Waals surface area contributed by atoms with Gasteiger partial charge in [-0.05, 0) is 18.1 Å². The summed E-state index contributed by atoms with van der Waals surface area (Å²) in [6, 6.07) is 9.24. The van der Waals surface area contributed by atoms with Gasteiger partial charge < -0.3 is 10.5 Å². The molecule has 100 valence electrons. The van der Waals surface area contributed by atoms with E-state index >= 15 is 0 Å². The molecule has 1 heterocycles. The SMILES string of the molecule is CO[C@H]1C[C@@H](C(N)=O)N(Cc2ccccc2C#N)C1. The molecule has 19 heavy (non-hydrogen) atoms. The molecule has 0 aliphatic carbocycles. The van der Waals surface area contributed by atoms with Crippen molar-refractivity contribution in [2.24, 2.45) is 5.73 Å². The average Bonchev–Trinajstić information content (AvgIpc) is 2.82. The van der Waals surface area contributed by atoms with Gasteiger partial charge in [0.05, 0.1) is 23.8 Å². The van der Waals surface area contributed by atoms with Crippen LogP contribution in [-0.4, -0.2) is 36.6 Å². The van der Waals surface area contributed by atoms with E-state index in [1.165, 1.54) is 0 Å². The molecule has 1 amide bonds. The minimum absolute atomic E-state index is 0.0201. The van der Waals surface area contributed by atoms with E-state index in [-0.39, 0.29) is 18.1 Å². The third kappa shape index (κ3) is 2.92. The maximum Gasteiger partial charge on any atom is 0.234 e. The Labute approximate surface area is 112 Å². The molecular formula is C14H17N3O2. The number of ether oxygens (including phenoxy) is 1. The first kappa shape index (κ1) is 13.5. The number of nitriles is 1. The monoisotopic (exact) mass is 259 g/mol. The van der Waals surface area contributed by atoms with Crippen LogP contribution in [0.15, 0.2) is 24.3 Å². The minimum atomic E-state index is -0.339. The number of carbonyl (C=O) groups is 1. The van der Waals surface area contributed by atoms with Crippen LogP contribution in [0.1, 0.15) is 17.5 Å². The number of benzene rings is 1. The predicted molar refractivity (Wildman–Crippen MR) is 70.0 cm³/mol. The lowest BCUT2D eigenvalue weighted by Crippen LogP contribution is -2.39. The van der Waals surface area contributed by atoms with Gasteiger partial charge in [-0.15, -0.1) is 0 Å². The lowest BCUT2D eigenvalue weighted by atomic mass is 10.1. The van der Waals surface area contributed by atoms with Crippen molar-refractivity contribution in [3.05, 3.63) is 35.4 Å². The van der Waals surface area contributed by atoms with E-state index in [4.69, 9.17) is 15.7 Å². The zero-order valence-electron chi connectivity index (χ0n) is 10.9. The molecule has 0 spiro atoms. The Morgan fingerprint density at radius 3 is 2.95 bits per heavy atom. The van der Waals surface area contributed by atoms with Crippen LogP contribution in [-0.2, 0) is 16.1 Å². The average molecular weight is 259 g/mol. The molecule has 1 aromatic carbocycles. The summed E-state index contributed by atoms with van der Waals surface area (Å²) in [5.74, 6) is -0.339. The summed E-state index contributed by atoms with van der Waals surface area (Å²) >= 11 is 0. The lowest BCUT2D eigenvalue weighted by molar-refractivity contribution is -0.122. The van der Waals surface area contributed by atoms with Gasteiger partial charge in [-0.1, -0.05) is 18.2 Å². The highest BCUT2D eigenvalue weighted by Gasteiger charge is 2.35. The molecule has 1 fully saturated rings. The van der Waals surface area contributed by atoms with Crippen molar-refractivity contribution in [1.82, 2.24) is 4.90 Å². The van der Waals surface area contributed by atoms with E-state index < -0.39 is 0 Å². The second-order valence-corrected chi connectivity index (χ2v) is 4.71. The number of nitrogens with two attached hydrogens (primary N) is 1. The highest BCUT2D eigenvalue weighted by molar-refractivity contribution is 5.80. The molecule has 0 radical (unpaired) electrons. The van der Waals surface area contributed by atoms with Crippen LogP contribution in [0.5, 0.6) is 0 Å². The van der Waals surface area contributed by atoms with Gasteiger partial charge in [0, 0.05) is 20.2 Å². The molecule has 2 rings (SSSR count). The Morgan fingerprint density at radius 1 is 1.58 bits per heavy atom. The number of nitrogens with zero attached hydrogens (tertiary/aromatic N) is 2. The normalized spacial score (nSPS) is 23.2. The van der Waals surface area contributed by atoms with Crippen molar-refractivity contribution in [2.75, 3.05) is 13.7 Å². The summed E-state index contributed by atoms with van der Waals surface area (Å²) in [5, 5.41) is 9.08. The Kier molecular flexibility index (Phi) is 4.15. The molecule has 2 N–H and O–H groups in total. The second-order valence-electron chi connectivity index (χ2n) is 4.71. The maximum absolute atomic E-state index is 11.5. The zero-order chi connectivity index (χ0) is 13.8. The zero-order valence-corrected chi connectivity index (χ0v) is 10.9. The largest absolute Gasteiger partial charge is 0.380 e. The molecule has 5 heteroatoms. The van der Waals surface area contributed by atoms with Crippen molar-refractivity contribution in [1.29, 1.82) is 5.26 Å². The molecule has 1 saturated heterocycles. The number of hydrogen-bond acceptors (Lipinski definition) is 4. The van der Waals surface area contributed by atoms with E-state index in [9.17, 15) is 4.79 Å². The van der Waals surface area contributed by atoms with Crippen LogP contribution >= 0.6 is 0 Å². The van der Waals surface area contributed by atoms with Gasteiger partial charge in [-0.3, -0.25) is 9.69 Å². The molecular weight excluding hydrogens is 242 g/mol. The summed E-state index contributed by atoms with van der Waals surface area (Å²) < 4.78 is 5.30. The van der Waals surface area contributed by atoms with Crippen molar-refractivity contribution < 1.29 is 9.53 Å². The van der Waals surface area contributed by atoms with Crippen LogP contribution in [0.4, 0.5) is 0 Å². The second kappa shape index (κ2) is 5.83. The number of amides is 1. The summed E-state index contributed by atoms with van der Waals surface area (Å²) in [6.07, 6.45) is 0.632. The van der Waals surface area contributed by atoms with Gasteiger partial charge in [0.1, 0.15) is 0 Å². The van der Waals surface area contributed by atoms with E-state index in [2.05, 4.69) is 6.07 Å². The number of likely N-dealkylation sites (tertiary alicyclic amines) is 1. The predicted octanol–water partition coefficient (Wildman–Crippen LogP) is 0.633. The highest BCUT2D eigenvalue weighted by Crippen LogP contribution is 2.23. The number of hydrogen-bond donors (Lipinski definition) is 1. The fraction of sp³-hybridized carbons (Fsp3) is 0.429. The van der Waals surface area contributed by atoms with E-state index in [1.54, 1.807) is 13.2 Å². The van der Waals surface area contributed by atoms with Gasteiger partial charge in [-0.25, -0.2) is 0 Å². The summed E-state index contributed by atoms with van der Waals surface area (Å²) in [7, 11) is 1.63. The van der Waals surface area contributed by atoms with Crippen molar-refractivity contribution in [3.63, 3.8) is 0 Å². The van der Waals surface area contributed by atoms with Crippen molar-refractivity contribution in [3.8, 4) is 6.07 Å². The minimum Gasteiger partial charge on any atom is -0.380 e. The third-order valence-corrected chi connectivity index (χ3v) is 3.54. The third-order valence-electron chi connectivity index (χ3n) is 3.54. The van der Waals surface area contributed by atoms with Crippen LogP contribution in [0.25, 0.3) is 0 Å². The topological polar surface area (TPSA) is 79.3 Å². The van der Waals surface area contributed by atoms with Crippen LogP contribution in [0.2, 0.25) is 0 Å². The fourth-order valence-electron chi connectivity index (χ4n) is 2.49. The Balaban J connectivity index is 2.17. The van der Waals surface area contributed by atoms with E-state index in [1.807, 2.05) is 23.1 Å². The smallest absolute Gasteiger partial charge is 0.234 e. The van der Waals surface area contributed by atoms with Crippen LogP contribution < -0.4 is 5.73 Å². The van der Waals surface area contributed by atoms with Crippen LogP contribution in [0.3, 0.4) is 0 Å². The Morgan fingerprint density at radius 2 is 2.32 bits per heavy atom. The molecule has 2 atom stereocenters. The Bertz CT molecular complexity index is 510. The summed E-state index contributed by atoms with van der Waals surface area (Å²) in [5.41, 5.74) is 6.97. The number of primary amides is 1.